The predicted molar refractivity (Wildman–Crippen MR) is 47.5 cm³/mol. The molecule has 0 aliphatic heterocycles. The zero-order valence-electron chi connectivity index (χ0n) is 7.10. The van der Waals surface area contributed by atoms with E-state index < -0.39 is 0 Å². The Bertz CT molecular complexity index is 235. The molecule has 1 heterocycles. The summed E-state index contributed by atoms with van der Waals surface area (Å²) in [5, 5.41) is 17.8. The number of anilines is 3. The first-order valence-corrected chi connectivity index (χ1v) is 3.29. The van der Waals surface area contributed by atoms with Crippen molar-refractivity contribution < 1.29 is 10.2 Å². The van der Waals surface area contributed by atoms with Crippen LogP contribution in [0.2, 0.25) is 0 Å². The molecule has 13 heavy (non-hydrogen) atoms. The number of nitrogens with one attached hydrogen (secondary N) is 1. The fraction of sp³-hybridized carbons (Fsp3) is 0.400. The van der Waals surface area contributed by atoms with Crippen molar-refractivity contribution in [2.45, 2.75) is 0 Å². The fourth-order valence-electron chi connectivity index (χ4n) is 0.559. The third-order valence-corrected chi connectivity index (χ3v) is 0.907. The molecule has 74 valence electrons. The lowest BCUT2D eigenvalue weighted by molar-refractivity contribution is 0.324. The van der Waals surface area contributed by atoms with Crippen molar-refractivity contribution in [3.63, 3.8) is 0 Å². The van der Waals surface area contributed by atoms with Crippen molar-refractivity contribution in [2.75, 3.05) is 30.6 Å². The largest absolute Gasteiger partial charge is 0.400 e. The lowest BCUT2D eigenvalue weighted by atomic mass is 10.8. The monoisotopic (exact) mass is 188 g/mol. The summed E-state index contributed by atoms with van der Waals surface area (Å²) in [5.74, 6) is 0.208. The molecule has 8 heteroatoms. The number of nitrogen functional groups attached to an aromatic ring is 2. The summed E-state index contributed by atoms with van der Waals surface area (Å²) in [6.45, 7) is -0.275. The number of rotatable bonds is 2. The average Bonchev–Trinajstić information content (AvgIpc) is 2.06. The first-order valence-electron chi connectivity index (χ1n) is 3.29. The summed E-state index contributed by atoms with van der Waals surface area (Å²) < 4.78 is 0. The van der Waals surface area contributed by atoms with E-state index in [0.717, 1.165) is 7.11 Å². The van der Waals surface area contributed by atoms with Crippen molar-refractivity contribution in [3.05, 3.63) is 0 Å². The third kappa shape index (κ3) is 4.03. The molecule has 0 saturated carbocycles. The van der Waals surface area contributed by atoms with Crippen molar-refractivity contribution in [1.29, 1.82) is 0 Å². The maximum Gasteiger partial charge on any atom is 0.231 e. The van der Waals surface area contributed by atoms with Gasteiger partial charge in [-0.15, -0.1) is 0 Å². The van der Waals surface area contributed by atoms with Gasteiger partial charge in [0.15, 0.2) is 0 Å². The quantitative estimate of drug-likeness (QED) is 0.335. The van der Waals surface area contributed by atoms with Crippen LogP contribution in [0.5, 0.6) is 0 Å². The number of aromatic nitrogens is 3. The molecule has 0 saturated heterocycles. The minimum Gasteiger partial charge on any atom is -0.400 e. The second-order valence-electron chi connectivity index (χ2n) is 1.71. The smallest absolute Gasteiger partial charge is 0.231 e. The number of hydrogen-bond donors (Lipinski definition) is 5. The molecular weight excluding hydrogens is 176 g/mol. The molecule has 0 spiro atoms. The lowest BCUT2D eigenvalue weighted by Gasteiger charge is -2.00. The van der Waals surface area contributed by atoms with E-state index >= 15 is 0 Å². The maximum absolute atomic E-state index is 8.41. The molecule has 1 rings (SSSR count). The Morgan fingerprint density at radius 3 is 2.00 bits per heavy atom. The average molecular weight is 188 g/mol. The van der Waals surface area contributed by atoms with Crippen LogP contribution in [0.1, 0.15) is 0 Å². The van der Waals surface area contributed by atoms with E-state index in [-0.39, 0.29) is 24.6 Å². The molecule has 0 atom stereocenters. The summed E-state index contributed by atoms with van der Waals surface area (Å²) in [5.41, 5.74) is 10.5. The van der Waals surface area contributed by atoms with E-state index in [1.54, 1.807) is 0 Å². The van der Waals surface area contributed by atoms with Gasteiger partial charge in [0, 0.05) is 7.11 Å². The Hall–Kier alpha value is -1.67. The summed E-state index contributed by atoms with van der Waals surface area (Å²) in [4.78, 5) is 10.8. The van der Waals surface area contributed by atoms with Crippen molar-refractivity contribution in [3.8, 4) is 0 Å². The summed E-state index contributed by atoms with van der Waals surface area (Å²) in [7, 11) is 1.00. The van der Waals surface area contributed by atoms with E-state index in [0.29, 0.717) is 0 Å². The summed E-state index contributed by atoms with van der Waals surface area (Å²) in [6, 6.07) is 0. The minimum atomic E-state index is -0.275. The van der Waals surface area contributed by atoms with Crippen LogP contribution in [0.3, 0.4) is 0 Å². The van der Waals surface area contributed by atoms with Gasteiger partial charge in [0.2, 0.25) is 17.8 Å². The molecule has 0 aliphatic rings. The van der Waals surface area contributed by atoms with E-state index in [2.05, 4.69) is 20.3 Å². The van der Waals surface area contributed by atoms with Gasteiger partial charge in [0.05, 0.1) is 0 Å². The predicted octanol–water partition coefficient (Wildman–Crippen LogP) is -1.99. The Morgan fingerprint density at radius 2 is 1.62 bits per heavy atom. The molecule has 0 amide bonds. The number of nitrogens with zero attached hydrogens (tertiary/aromatic N) is 3. The molecule has 0 aromatic carbocycles. The third-order valence-electron chi connectivity index (χ3n) is 0.907. The van der Waals surface area contributed by atoms with E-state index in [1.807, 2.05) is 0 Å². The molecule has 0 unspecified atom stereocenters. The Labute approximate surface area is 74.6 Å². The lowest BCUT2D eigenvalue weighted by Crippen LogP contribution is -2.09. The number of aliphatic hydroxyl groups excluding tert-OH is 2. The van der Waals surface area contributed by atoms with E-state index in [1.165, 1.54) is 0 Å². The highest BCUT2D eigenvalue weighted by atomic mass is 16.3. The molecule has 1 aromatic rings. The minimum absolute atomic E-state index is 0.0217. The van der Waals surface area contributed by atoms with Crippen molar-refractivity contribution >= 4 is 17.8 Å². The van der Waals surface area contributed by atoms with Gasteiger partial charge in [0.25, 0.3) is 0 Å². The van der Waals surface area contributed by atoms with Crippen LogP contribution in [0, 0.1) is 0 Å². The molecule has 0 radical (unpaired) electrons. The number of aliphatic hydroxyl groups is 2. The van der Waals surface area contributed by atoms with Gasteiger partial charge in [-0.3, -0.25) is 0 Å². The second-order valence-corrected chi connectivity index (χ2v) is 1.71. The zero-order valence-corrected chi connectivity index (χ0v) is 7.10. The van der Waals surface area contributed by atoms with Crippen LogP contribution in [-0.2, 0) is 0 Å². The van der Waals surface area contributed by atoms with Crippen LogP contribution in [0.4, 0.5) is 17.8 Å². The van der Waals surface area contributed by atoms with Gasteiger partial charge in [-0.25, -0.2) is 0 Å². The highest BCUT2D eigenvalue weighted by Gasteiger charge is 1.98. The molecule has 0 fully saturated rings. The Balaban J connectivity index is 0.000000671. The van der Waals surface area contributed by atoms with Crippen LogP contribution in [0.25, 0.3) is 0 Å². The maximum atomic E-state index is 8.41. The van der Waals surface area contributed by atoms with Crippen molar-refractivity contribution in [2.24, 2.45) is 0 Å². The SMILES string of the molecule is CO.Nc1nc(N)nc(NCO)n1. The van der Waals surface area contributed by atoms with Gasteiger partial charge in [-0.2, -0.15) is 15.0 Å². The van der Waals surface area contributed by atoms with Gasteiger partial charge < -0.3 is 27.0 Å². The van der Waals surface area contributed by atoms with Gasteiger partial charge in [-0.1, -0.05) is 0 Å². The first kappa shape index (κ1) is 11.3. The number of hydrogen-bond acceptors (Lipinski definition) is 8. The summed E-state index contributed by atoms with van der Waals surface area (Å²) >= 11 is 0. The first-order chi connectivity index (χ1) is 6.22. The Kier molecular flexibility index (Phi) is 5.15. The highest BCUT2D eigenvalue weighted by Crippen LogP contribution is 2.01. The molecular formula is C5H12N6O2. The molecule has 0 aliphatic carbocycles. The standard InChI is InChI=1S/C4H8N6O.CH4O/c5-2-8-3(6)10-4(9-2)7-1-11;1-2/h11H,1H2,(H5,5,6,7,8,9,10);2H,1H3. The van der Waals surface area contributed by atoms with E-state index in [9.17, 15) is 0 Å². The van der Waals surface area contributed by atoms with Crippen LogP contribution in [-0.4, -0.2) is 39.0 Å². The van der Waals surface area contributed by atoms with Crippen molar-refractivity contribution in [1.82, 2.24) is 15.0 Å². The van der Waals surface area contributed by atoms with Crippen LogP contribution < -0.4 is 16.8 Å². The molecule has 7 N–H and O–H groups in total. The van der Waals surface area contributed by atoms with E-state index in [4.69, 9.17) is 21.7 Å². The van der Waals surface area contributed by atoms with Gasteiger partial charge in [0.1, 0.15) is 6.73 Å². The topological polar surface area (TPSA) is 143 Å². The van der Waals surface area contributed by atoms with Crippen LogP contribution in [0.15, 0.2) is 0 Å². The second kappa shape index (κ2) is 5.91. The molecule has 8 nitrogen and oxygen atoms in total. The number of nitrogens with two attached hydrogens (primary N) is 2. The fourth-order valence-corrected chi connectivity index (χ4v) is 0.559. The zero-order chi connectivity index (χ0) is 10.3. The van der Waals surface area contributed by atoms with Crippen LogP contribution >= 0.6 is 0 Å². The molecule has 0 bridgehead atoms. The Morgan fingerprint density at radius 1 is 1.15 bits per heavy atom. The van der Waals surface area contributed by atoms with Gasteiger partial charge in [-0.05, 0) is 0 Å². The van der Waals surface area contributed by atoms with Gasteiger partial charge >= 0.3 is 0 Å². The summed E-state index contributed by atoms with van der Waals surface area (Å²) in [6.07, 6.45) is 0. The molecule has 1 aromatic heterocycles. The normalized spacial score (nSPS) is 8.54. The highest BCUT2D eigenvalue weighted by molar-refractivity contribution is 5.36.